The van der Waals surface area contributed by atoms with Crippen molar-refractivity contribution in [2.45, 2.75) is 20.4 Å². The standard InChI is InChI=1S/C17H16N6/c1-11-5-4-8-23-10-13(22-17(11)23)9-19-16-14-6-3-7-18-15(14)20-12(2)21-16/h3-8,10H,9H2,1-2H3,(H,18,19,20,21). The first-order valence-corrected chi connectivity index (χ1v) is 7.47. The lowest BCUT2D eigenvalue weighted by Crippen LogP contribution is -2.05. The summed E-state index contributed by atoms with van der Waals surface area (Å²) in [4.78, 5) is 17.8. The van der Waals surface area contributed by atoms with E-state index < -0.39 is 0 Å². The minimum Gasteiger partial charge on any atom is -0.364 e. The fourth-order valence-electron chi connectivity index (χ4n) is 2.67. The Morgan fingerprint density at radius 2 is 2.00 bits per heavy atom. The van der Waals surface area contributed by atoms with Crippen molar-refractivity contribution in [3.8, 4) is 0 Å². The molecule has 4 aromatic rings. The van der Waals surface area contributed by atoms with Gasteiger partial charge in [-0.25, -0.2) is 19.9 Å². The average molecular weight is 304 g/mol. The van der Waals surface area contributed by atoms with Crippen LogP contribution in [0.15, 0.2) is 42.9 Å². The van der Waals surface area contributed by atoms with E-state index in [2.05, 4.69) is 38.2 Å². The Kier molecular flexibility index (Phi) is 3.15. The molecule has 0 saturated carbocycles. The van der Waals surface area contributed by atoms with Gasteiger partial charge in [0.25, 0.3) is 0 Å². The molecule has 4 aromatic heterocycles. The van der Waals surface area contributed by atoms with E-state index in [1.807, 2.05) is 41.9 Å². The van der Waals surface area contributed by atoms with Gasteiger partial charge in [-0.3, -0.25) is 0 Å². The van der Waals surface area contributed by atoms with Crippen LogP contribution in [0.3, 0.4) is 0 Å². The molecular formula is C17H16N6. The van der Waals surface area contributed by atoms with E-state index in [0.29, 0.717) is 18.0 Å². The van der Waals surface area contributed by atoms with Gasteiger partial charge in [0.05, 0.1) is 17.6 Å². The minimum atomic E-state index is 0.599. The quantitative estimate of drug-likeness (QED) is 0.630. The zero-order valence-electron chi connectivity index (χ0n) is 13.0. The number of fused-ring (bicyclic) bond motifs is 2. The van der Waals surface area contributed by atoms with Crippen molar-refractivity contribution in [3.63, 3.8) is 0 Å². The van der Waals surface area contributed by atoms with Crippen LogP contribution in [0.25, 0.3) is 16.7 Å². The first kappa shape index (κ1) is 13.6. The van der Waals surface area contributed by atoms with E-state index >= 15 is 0 Å². The van der Waals surface area contributed by atoms with Gasteiger partial charge < -0.3 is 9.72 Å². The SMILES string of the molecule is Cc1nc(NCc2cn3cccc(C)c3n2)c2cccnc2n1. The highest BCUT2D eigenvalue weighted by Gasteiger charge is 2.08. The highest BCUT2D eigenvalue weighted by molar-refractivity contribution is 5.86. The Balaban J connectivity index is 1.67. The summed E-state index contributed by atoms with van der Waals surface area (Å²) in [6.07, 6.45) is 5.78. The van der Waals surface area contributed by atoms with Gasteiger partial charge >= 0.3 is 0 Å². The number of anilines is 1. The van der Waals surface area contributed by atoms with Crippen LogP contribution in [0.4, 0.5) is 5.82 Å². The number of nitrogens with one attached hydrogen (secondary N) is 1. The number of rotatable bonds is 3. The van der Waals surface area contributed by atoms with Gasteiger partial charge in [0.15, 0.2) is 5.65 Å². The van der Waals surface area contributed by atoms with Crippen molar-refractivity contribution in [2.24, 2.45) is 0 Å². The number of hydrogen-bond acceptors (Lipinski definition) is 5. The van der Waals surface area contributed by atoms with E-state index in [9.17, 15) is 0 Å². The molecule has 114 valence electrons. The van der Waals surface area contributed by atoms with Gasteiger partial charge in [-0.15, -0.1) is 0 Å². The number of aromatic nitrogens is 5. The van der Waals surface area contributed by atoms with Crippen molar-refractivity contribution in [1.29, 1.82) is 0 Å². The molecule has 23 heavy (non-hydrogen) atoms. The van der Waals surface area contributed by atoms with E-state index in [1.165, 1.54) is 0 Å². The summed E-state index contributed by atoms with van der Waals surface area (Å²) < 4.78 is 2.04. The van der Waals surface area contributed by atoms with Crippen LogP contribution >= 0.6 is 0 Å². The molecule has 0 saturated heterocycles. The van der Waals surface area contributed by atoms with E-state index in [-0.39, 0.29) is 0 Å². The summed E-state index contributed by atoms with van der Waals surface area (Å²) in [5.41, 5.74) is 3.81. The number of aryl methyl sites for hydroxylation is 2. The highest BCUT2D eigenvalue weighted by atomic mass is 15.1. The first-order chi connectivity index (χ1) is 11.2. The van der Waals surface area contributed by atoms with E-state index in [0.717, 1.165) is 28.1 Å². The number of pyridine rings is 2. The zero-order valence-corrected chi connectivity index (χ0v) is 13.0. The zero-order chi connectivity index (χ0) is 15.8. The summed E-state index contributed by atoms with van der Waals surface area (Å²) in [6, 6.07) is 7.94. The lowest BCUT2D eigenvalue weighted by atomic mass is 10.3. The highest BCUT2D eigenvalue weighted by Crippen LogP contribution is 2.19. The molecule has 0 bridgehead atoms. The molecule has 0 amide bonds. The fraction of sp³-hybridized carbons (Fsp3) is 0.176. The second kappa shape index (κ2) is 5.31. The fourth-order valence-corrected chi connectivity index (χ4v) is 2.67. The van der Waals surface area contributed by atoms with E-state index in [1.54, 1.807) is 6.20 Å². The maximum absolute atomic E-state index is 4.67. The first-order valence-electron chi connectivity index (χ1n) is 7.47. The van der Waals surface area contributed by atoms with Gasteiger partial charge in [-0.05, 0) is 37.6 Å². The topological polar surface area (TPSA) is 68.0 Å². The molecular weight excluding hydrogens is 288 g/mol. The third-order valence-electron chi connectivity index (χ3n) is 3.75. The van der Waals surface area contributed by atoms with Gasteiger partial charge in [0.2, 0.25) is 0 Å². The van der Waals surface area contributed by atoms with Crippen molar-refractivity contribution in [2.75, 3.05) is 5.32 Å². The lowest BCUT2D eigenvalue weighted by molar-refractivity contribution is 1.02. The molecule has 6 heteroatoms. The lowest BCUT2D eigenvalue weighted by Gasteiger charge is -2.07. The van der Waals surface area contributed by atoms with Crippen molar-refractivity contribution < 1.29 is 0 Å². The van der Waals surface area contributed by atoms with Gasteiger partial charge in [-0.2, -0.15) is 0 Å². The Morgan fingerprint density at radius 3 is 2.87 bits per heavy atom. The van der Waals surface area contributed by atoms with Gasteiger partial charge in [0, 0.05) is 18.6 Å². The second-order valence-electron chi connectivity index (χ2n) is 5.50. The molecule has 0 unspecified atom stereocenters. The second-order valence-corrected chi connectivity index (χ2v) is 5.50. The molecule has 0 aliphatic carbocycles. The van der Waals surface area contributed by atoms with Crippen molar-refractivity contribution >= 4 is 22.5 Å². The summed E-state index contributed by atoms with van der Waals surface area (Å²) >= 11 is 0. The van der Waals surface area contributed by atoms with E-state index in [4.69, 9.17) is 0 Å². The summed E-state index contributed by atoms with van der Waals surface area (Å²) in [5, 5.41) is 4.27. The van der Waals surface area contributed by atoms with Crippen LogP contribution in [-0.4, -0.2) is 24.3 Å². The molecule has 0 atom stereocenters. The third-order valence-corrected chi connectivity index (χ3v) is 3.75. The number of nitrogens with zero attached hydrogens (tertiary/aromatic N) is 5. The van der Waals surface area contributed by atoms with Crippen LogP contribution in [-0.2, 0) is 6.54 Å². The van der Waals surface area contributed by atoms with Crippen LogP contribution in [0.1, 0.15) is 17.1 Å². The normalized spacial score (nSPS) is 11.2. The van der Waals surface area contributed by atoms with Crippen LogP contribution in [0.5, 0.6) is 0 Å². The predicted octanol–water partition coefficient (Wildman–Crippen LogP) is 2.90. The van der Waals surface area contributed by atoms with Crippen LogP contribution < -0.4 is 5.32 Å². The molecule has 0 fully saturated rings. The maximum atomic E-state index is 4.67. The number of hydrogen-bond donors (Lipinski definition) is 1. The largest absolute Gasteiger partial charge is 0.364 e. The molecule has 4 heterocycles. The van der Waals surface area contributed by atoms with Gasteiger partial charge in [-0.1, -0.05) is 6.07 Å². The maximum Gasteiger partial charge on any atom is 0.164 e. The Hall–Kier alpha value is -3.02. The summed E-state index contributed by atoms with van der Waals surface area (Å²) in [5.74, 6) is 1.49. The molecule has 0 aromatic carbocycles. The molecule has 0 spiro atoms. The Bertz CT molecular complexity index is 1000. The van der Waals surface area contributed by atoms with Crippen molar-refractivity contribution in [3.05, 3.63) is 59.9 Å². The third kappa shape index (κ3) is 2.48. The van der Waals surface area contributed by atoms with Gasteiger partial charge in [0.1, 0.15) is 17.3 Å². The number of imidazole rings is 1. The van der Waals surface area contributed by atoms with Crippen molar-refractivity contribution in [1.82, 2.24) is 24.3 Å². The summed E-state index contributed by atoms with van der Waals surface area (Å²) in [6.45, 7) is 4.53. The minimum absolute atomic E-state index is 0.599. The van der Waals surface area contributed by atoms with Crippen LogP contribution in [0, 0.1) is 13.8 Å². The molecule has 0 aliphatic rings. The molecule has 0 radical (unpaired) electrons. The average Bonchev–Trinajstić information content (AvgIpc) is 2.97. The Labute approximate surface area is 133 Å². The molecule has 0 aliphatic heterocycles. The molecule has 6 nitrogen and oxygen atoms in total. The predicted molar refractivity (Wildman–Crippen MR) is 89.3 cm³/mol. The van der Waals surface area contributed by atoms with Crippen LogP contribution in [0.2, 0.25) is 0 Å². The Morgan fingerprint density at radius 1 is 1.09 bits per heavy atom. The molecule has 1 N–H and O–H groups in total. The smallest absolute Gasteiger partial charge is 0.164 e. The molecule has 4 rings (SSSR count). The monoisotopic (exact) mass is 304 g/mol. The summed E-state index contributed by atoms with van der Waals surface area (Å²) in [7, 11) is 0.